The molecule has 5 nitrogen and oxygen atoms in total. The summed E-state index contributed by atoms with van der Waals surface area (Å²) in [4.78, 5) is 23.6. The van der Waals surface area contributed by atoms with Crippen LogP contribution < -0.4 is 16.6 Å². The highest BCUT2D eigenvalue weighted by Gasteiger charge is 2.12. The largest absolute Gasteiger partial charge is 0.321 e. The lowest BCUT2D eigenvalue weighted by atomic mass is 10.1. The molecule has 0 aliphatic rings. The second kappa shape index (κ2) is 5.79. The van der Waals surface area contributed by atoms with E-state index >= 15 is 0 Å². The second-order valence-corrected chi connectivity index (χ2v) is 3.84. The molecule has 2 amide bonds. The van der Waals surface area contributed by atoms with E-state index < -0.39 is 5.91 Å². The molecule has 0 saturated heterocycles. The number of carbonyl (C=O) groups is 2. The van der Waals surface area contributed by atoms with Gasteiger partial charge in [-0.05, 0) is 24.3 Å². The maximum Gasteiger partial charge on any atom is 0.267 e. The van der Waals surface area contributed by atoms with Gasteiger partial charge in [0.15, 0.2) is 0 Å². The first-order valence-electron chi connectivity index (χ1n) is 5.68. The van der Waals surface area contributed by atoms with E-state index in [-0.39, 0.29) is 5.91 Å². The SMILES string of the molecule is NNC(=O)c1ccccc1NC(=O)c1ccccc1. The van der Waals surface area contributed by atoms with Crippen LogP contribution in [0.2, 0.25) is 0 Å². The van der Waals surface area contributed by atoms with E-state index in [0.29, 0.717) is 16.8 Å². The van der Waals surface area contributed by atoms with Crippen LogP contribution in [0.5, 0.6) is 0 Å². The first-order chi connectivity index (χ1) is 9.22. The molecule has 0 aliphatic carbocycles. The molecule has 19 heavy (non-hydrogen) atoms. The fourth-order valence-corrected chi connectivity index (χ4v) is 1.65. The van der Waals surface area contributed by atoms with Crippen molar-refractivity contribution in [2.45, 2.75) is 0 Å². The second-order valence-electron chi connectivity index (χ2n) is 3.84. The molecule has 2 rings (SSSR count). The van der Waals surface area contributed by atoms with Gasteiger partial charge in [0.2, 0.25) is 0 Å². The van der Waals surface area contributed by atoms with Gasteiger partial charge >= 0.3 is 0 Å². The standard InChI is InChI=1S/C14H13N3O2/c15-17-14(19)11-8-4-5-9-12(11)16-13(18)10-6-2-1-3-7-10/h1-9H,15H2,(H,16,18)(H,17,19). The van der Waals surface area contributed by atoms with Crippen molar-refractivity contribution in [3.05, 3.63) is 65.7 Å². The van der Waals surface area contributed by atoms with Crippen molar-refractivity contribution < 1.29 is 9.59 Å². The maximum absolute atomic E-state index is 12.0. The lowest BCUT2D eigenvalue weighted by Crippen LogP contribution is -2.31. The Morgan fingerprint density at radius 3 is 2.16 bits per heavy atom. The van der Waals surface area contributed by atoms with Crippen molar-refractivity contribution in [2.24, 2.45) is 5.84 Å². The number of anilines is 1. The van der Waals surface area contributed by atoms with Gasteiger partial charge in [0.1, 0.15) is 0 Å². The number of amides is 2. The molecule has 0 spiro atoms. The zero-order chi connectivity index (χ0) is 13.7. The Kier molecular flexibility index (Phi) is 3.90. The molecule has 0 fully saturated rings. The normalized spacial score (nSPS) is 9.74. The van der Waals surface area contributed by atoms with Crippen LogP contribution in [0, 0.1) is 0 Å². The van der Waals surface area contributed by atoms with Crippen LogP contribution in [0.4, 0.5) is 5.69 Å². The van der Waals surface area contributed by atoms with Gasteiger partial charge in [-0.1, -0.05) is 30.3 Å². The Hall–Kier alpha value is -2.66. The molecule has 0 atom stereocenters. The predicted octanol–water partition coefficient (Wildman–Crippen LogP) is 1.54. The van der Waals surface area contributed by atoms with Crippen molar-refractivity contribution in [1.29, 1.82) is 0 Å². The van der Waals surface area contributed by atoms with Crippen molar-refractivity contribution in [3.8, 4) is 0 Å². The third kappa shape index (κ3) is 2.97. The Bertz CT molecular complexity index is 597. The Balaban J connectivity index is 2.25. The van der Waals surface area contributed by atoms with Crippen LogP contribution in [0.1, 0.15) is 20.7 Å². The topological polar surface area (TPSA) is 84.2 Å². The Morgan fingerprint density at radius 1 is 0.842 bits per heavy atom. The molecule has 0 radical (unpaired) electrons. The molecule has 5 heteroatoms. The molecule has 2 aromatic carbocycles. The number of nitrogens with one attached hydrogen (secondary N) is 2. The number of hydrazine groups is 1. The molecule has 0 saturated carbocycles. The molecule has 0 aliphatic heterocycles. The highest BCUT2D eigenvalue weighted by Crippen LogP contribution is 2.15. The molecule has 0 aromatic heterocycles. The summed E-state index contributed by atoms with van der Waals surface area (Å²) in [7, 11) is 0. The zero-order valence-electron chi connectivity index (χ0n) is 10.1. The van der Waals surface area contributed by atoms with Crippen LogP contribution in [0.25, 0.3) is 0 Å². The van der Waals surface area contributed by atoms with Gasteiger partial charge in [-0.2, -0.15) is 0 Å². The van der Waals surface area contributed by atoms with Crippen LogP contribution in [0.3, 0.4) is 0 Å². The summed E-state index contributed by atoms with van der Waals surface area (Å²) in [6, 6.07) is 15.4. The molecule has 0 unspecified atom stereocenters. The monoisotopic (exact) mass is 255 g/mol. The first kappa shape index (κ1) is 12.8. The van der Waals surface area contributed by atoms with Gasteiger partial charge in [-0.15, -0.1) is 0 Å². The number of nitrogens with two attached hydrogens (primary N) is 1. The zero-order valence-corrected chi connectivity index (χ0v) is 10.1. The van der Waals surface area contributed by atoms with Crippen LogP contribution in [-0.2, 0) is 0 Å². The summed E-state index contributed by atoms with van der Waals surface area (Å²) in [5, 5.41) is 2.69. The van der Waals surface area contributed by atoms with Crippen LogP contribution in [0.15, 0.2) is 54.6 Å². The summed E-state index contributed by atoms with van der Waals surface area (Å²) < 4.78 is 0. The van der Waals surface area contributed by atoms with E-state index in [1.807, 2.05) is 11.5 Å². The highest BCUT2D eigenvalue weighted by molar-refractivity contribution is 6.08. The van der Waals surface area contributed by atoms with Crippen molar-refractivity contribution in [3.63, 3.8) is 0 Å². The third-order valence-electron chi connectivity index (χ3n) is 2.59. The summed E-state index contributed by atoms with van der Waals surface area (Å²) in [6.07, 6.45) is 0. The average Bonchev–Trinajstić information content (AvgIpc) is 2.48. The minimum atomic E-state index is -0.455. The molecule has 2 aromatic rings. The molecule has 0 bridgehead atoms. The van der Waals surface area contributed by atoms with E-state index in [1.165, 1.54) is 0 Å². The minimum absolute atomic E-state index is 0.280. The highest BCUT2D eigenvalue weighted by atomic mass is 16.2. The van der Waals surface area contributed by atoms with E-state index in [1.54, 1.807) is 48.5 Å². The molecular weight excluding hydrogens is 242 g/mol. The van der Waals surface area contributed by atoms with Crippen molar-refractivity contribution in [1.82, 2.24) is 5.43 Å². The van der Waals surface area contributed by atoms with E-state index in [2.05, 4.69) is 5.32 Å². The van der Waals surface area contributed by atoms with E-state index in [9.17, 15) is 9.59 Å². The van der Waals surface area contributed by atoms with Gasteiger partial charge in [0.25, 0.3) is 11.8 Å². The molecule has 96 valence electrons. The minimum Gasteiger partial charge on any atom is -0.321 e. The summed E-state index contributed by atoms with van der Waals surface area (Å²) >= 11 is 0. The fraction of sp³-hybridized carbons (Fsp3) is 0. The summed E-state index contributed by atoms with van der Waals surface area (Å²) in [5.74, 6) is 4.37. The fourth-order valence-electron chi connectivity index (χ4n) is 1.65. The number of nitrogen functional groups attached to an aromatic ring is 1. The Morgan fingerprint density at radius 2 is 1.47 bits per heavy atom. The Labute approximate surface area is 110 Å². The van der Waals surface area contributed by atoms with E-state index in [0.717, 1.165) is 0 Å². The number of carbonyl (C=O) groups excluding carboxylic acids is 2. The quantitative estimate of drug-likeness (QED) is 0.442. The van der Waals surface area contributed by atoms with Gasteiger partial charge in [-0.25, -0.2) is 5.84 Å². The lowest BCUT2D eigenvalue weighted by molar-refractivity contribution is 0.0954. The number of para-hydroxylation sites is 1. The summed E-state index contributed by atoms with van der Waals surface area (Å²) in [5.41, 5.74) is 3.29. The average molecular weight is 255 g/mol. The van der Waals surface area contributed by atoms with Gasteiger partial charge in [0, 0.05) is 5.56 Å². The number of rotatable bonds is 3. The van der Waals surface area contributed by atoms with Crippen molar-refractivity contribution in [2.75, 3.05) is 5.32 Å². The van der Waals surface area contributed by atoms with Gasteiger partial charge < -0.3 is 5.32 Å². The predicted molar refractivity (Wildman–Crippen MR) is 72.5 cm³/mol. The van der Waals surface area contributed by atoms with Gasteiger partial charge in [0.05, 0.1) is 11.3 Å². The first-order valence-corrected chi connectivity index (χ1v) is 5.68. The van der Waals surface area contributed by atoms with Crippen LogP contribution in [-0.4, -0.2) is 11.8 Å². The van der Waals surface area contributed by atoms with Gasteiger partial charge in [-0.3, -0.25) is 15.0 Å². The molecule has 0 heterocycles. The number of hydrogen-bond donors (Lipinski definition) is 3. The van der Waals surface area contributed by atoms with Crippen molar-refractivity contribution >= 4 is 17.5 Å². The molecule has 4 N–H and O–H groups in total. The summed E-state index contributed by atoms with van der Waals surface area (Å²) in [6.45, 7) is 0. The lowest BCUT2D eigenvalue weighted by Gasteiger charge is -2.09. The number of benzene rings is 2. The van der Waals surface area contributed by atoms with E-state index in [4.69, 9.17) is 5.84 Å². The smallest absolute Gasteiger partial charge is 0.267 e. The third-order valence-corrected chi connectivity index (χ3v) is 2.59. The number of hydrogen-bond acceptors (Lipinski definition) is 3. The van der Waals surface area contributed by atoms with Crippen LogP contribution >= 0.6 is 0 Å². The maximum atomic E-state index is 12.0. The molecular formula is C14H13N3O2.